The van der Waals surface area contributed by atoms with E-state index in [4.69, 9.17) is 0 Å². The molecule has 0 spiro atoms. The van der Waals surface area contributed by atoms with E-state index in [2.05, 4.69) is 30.7 Å². The molecule has 1 aliphatic rings. The number of likely N-dealkylation sites (N-methyl/N-ethyl adjacent to an activating group) is 1. The van der Waals surface area contributed by atoms with Crippen LogP contribution in [0, 0.1) is 17.5 Å². The smallest absolute Gasteiger partial charge is 0.194 e. The summed E-state index contributed by atoms with van der Waals surface area (Å²) in [5.41, 5.74) is 3.41. The average Bonchev–Trinajstić information content (AvgIpc) is 2.80. The van der Waals surface area contributed by atoms with Crippen molar-refractivity contribution >= 4 is 11.5 Å². The molecule has 0 fully saturated rings. The molecule has 0 atom stereocenters. The van der Waals surface area contributed by atoms with Gasteiger partial charge in [-0.15, -0.1) is 0 Å². The molecule has 26 heavy (non-hydrogen) atoms. The van der Waals surface area contributed by atoms with Gasteiger partial charge in [0.25, 0.3) is 0 Å². The summed E-state index contributed by atoms with van der Waals surface area (Å²) in [6, 6.07) is 1.74. The van der Waals surface area contributed by atoms with Gasteiger partial charge in [0.2, 0.25) is 0 Å². The molecule has 1 aliphatic heterocycles. The molecule has 0 aromatic heterocycles. The summed E-state index contributed by atoms with van der Waals surface area (Å²) in [6.45, 7) is 9.94. The van der Waals surface area contributed by atoms with Crippen molar-refractivity contribution in [3.8, 4) is 0 Å². The lowest BCUT2D eigenvalue weighted by molar-refractivity contribution is 0.448. The molecule has 3 nitrogen and oxygen atoms in total. The number of anilines is 1. The lowest BCUT2D eigenvalue weighted by atomic mass is 10.1. The maximum atomic E-state index is 13.4. The average molecular weight is 363 g/mol. The van der Waals surface area contributed by atoms with Crippen LogP contribution in [0.4, 0.5) is 18.9 Å². The Morgan fingerprint density at radius 3 is 2.42 bits per heavy atom. The summed E-state index contributed by atoms with van der Waals surface area (Å²) in [5.74, 6) is -3.10. The molecule has 2 rings (SSSR count). The van der Waals surface area contributed by atoms with Gasteiger partial charge in [0.05, 0.1) is 0 Å². The minimum Gasteiger partial charge on any atom is -0.340 e. The second-order valence-electron chi connectivity index (χ2n) is 6.20. The molecule has 0 aliphatic carbocycles. The lowest BCUT2D eigenvalue weighted by Crippen LogP contribution is -2.22. The molecule has 1 heterocycles. The van der Waals surface area contributed by atoms with Crippen LogP contribution in [0.5, 0.6) is 0 Å². The Hall–Kier alpha value is -2.50. The normalized spacial score (nSPS) is 17.6. The Morgan fingerprint density at radius 2 is 1.88 bits per heavy atom. The number of hydrogen-bond acceptors (Lipinski definition) is 2. The van der Waals surface area contributed by atoms with Crippen molar-refractivity contribution in [3.63, 3.8) is 0 Å². The van der Waals surface area contributed by atoms with Gasteiger partial charge in [-0.3, -0.25) is 0 Å². The summed E-state index contributed by atoms with van der Waals surface area (Å²) < 4.78 is 39.8. The minimum absolute atomic E-state index is 0.0503. The van der Waals surface area contributed by atoms with Crippen molar-refractivity contribution in [2.75, 3.05) is 12.4 Å². The van der Waals surface area contributed by atoms with Crippen LogP contribution < -0.4 is 5.32 Å². The first kappa shape index (κ1) is 19.8. The maximum absolute atomic E-state index is 13.4. The fraction of sp³-hybridized carbons (Fsp3) is 0.350. The molecular formula is C20H24F3N3. The number of amidine groups is 1. The number of nitrogens with zero attached hydrogens (tertiary/aromatic N) is 2. The molecule has 0 radical (unpaired) electrons. The van der Waals surface area contributed by atoms with Gasteiger partial charge >= 0.3 is 0 Å². The van der Waals surface area contributed by atoms with Gasteiger partial charge in [-0.05, 0) is 32.3 Å². The summed E-state index contributed by atoms with van der Waals surface area (Å²) >= 11 is 0. The molecule has 0 saturated heterocycles. The van der Waals surface area contributed by atoms with Crippen molar-refractivity contribution in [1.29, 1.82) is 0 Å². The molecule has 1 aromatic rings. The van der Waals surface area contributed by atoms with Gasteiger partial charge < -0.3 is 10.2 Å². The fourth-order valence-electron chi connectivity index (χ4n) is 3.01. The topological polar surface area (TPSA) is 27.6 Å². The van der Waals surface area contributed by atoms with Gasteiger partial charge in [-0.2, -0.15) is 0 Å². The zero-order chi connectivity index (χ0) is 19.4. The van der Waals surface area contributed by atoms with Crippen molar-refractivity contribution in [1.82, 2.24) is 4.90 Å². The van der Waals surface area contributed by atoms with E-state index in [0.717, 1.165) is 48.4 Å². The number of halogens is 3. The monoisotopic (exact) mass is 363 g/mol. The molecule has 0 saturated carbocycles. The standard InChI is InChI=1S/C20H24F3N3/c1-6-8-9-18-12(3)15(7-2)20(26(18)5)25-13(4)24-14-10-16(21)19(23)17(22)11-14/h7,10-11,24H,4,6,8-9H2,1-3,5H3/b15-7-,25-20+. The van der Waals surface area contributed by atoms with E-state index in [9.17, 15) is 13.2 Å². The molecule has 140 valence electrons. The molecule has 1 aromatic carbocycles. The number of rotatable bonds is 6. The Bertz CT molecular complexity index is 784. The van der Waals surface area contributed by atoms with Crippen LogP contribution in [0.2, 0.25) is 0 Å². The second kappa shape index (κ2) is 8.25. The predicted molar refractivity (Wildman–Crippen MR) is 100 cm³/mol. The summed E-state index contributed by atoms with van der Waals surface area (Å²) in [5, 5.41) is 2.71. The van der Waals surface area contributed by atoms with Gasteiger partial charge in [0.15, 0.2) is 17.5 Å². The van der Waals surface area contributed by atoms with E-state index in [1.165, 1.54) is 5.70 Å². The summed E-state index contributed by atoms with van der Waals surface area (Å²) in [7, 11) is 1.94. The quantitative estimate of drug-likeness (QED) is 0.653. The SMILES string of the molecule is C=C(/N=C1\C(=C/C)C(C)=C(CCCC)N1C)Nc1cc(F)c(F)c(F)c1. The van der Waals surface area contributed by atoms with E-state index in [1.54, 1.807) is 0 Å². The highest BCUT2D eigenvalue weighted by Gasteiger charge is 2.27. The van der Waals surface area contributed by atoms with Crippen molar-refractivity contribution in [2.24, 2.45) is 4.99 Å². The Labute approximate surface area is 152 Å². The van der Waals surface area contributed by atoms with Crippen LogP contribution in [-0.2, 0) is 0 Å². The van der Waals surface area contributed by atoms with Gasteiger partial charge in [-0.1, -0.05) is 26.0 Å². The van der Waals surface area contributed by atoms with Crippen LogP contribution >= 0.6 is 0 Å². The largest absolute Gasteiger partial charge is 0.340 e. The third-order valence-corrected chi connectivity index (χ3v) is 4.37. The number of hydrogen-bond donors (Lipinski definition) is 1. The first-order valence-electron chi connectivity index (χ1n) is 8.59. The van der Waals surface area contributed by atoms with Crippen molar-refractivity contribution in [2.45, 2.75) is 40.0 Å². The zero-order valence-electron chi connectivity index (χ0n) is 15.6. The number of allylic oxidation sites excluding steroid dienone is 2. The fourth-order valence-corrected chi connectivity index (χ4v) is 3.01. The highest BCUT2D eigenvalue weighted by atomic mass is 19.2. The van der Waals surface area contributed by atoms with Gasteiger partial charge in [-0.25, -0.2) is 18.2 Å². The van der Waals surface area contributed by atoms with Crippen LogP contribution in [0.3, 0.4) is 0 Å². The van der Waals surface area contributed by atoms with Crippen molar-refractivity contribution in [3.05, 3.63) is 64.9 Å². The lowest BCUT2D eigenvalue weighted by Gasteiger charge is -2.18. The third kappa shape index (κ3) is 4.00. The molecule has 1 N–H and O–H groups in total. The van der Waals surface area contributed by atoms with E-state index >= 15 is 0 Å². The zero-order valence-corrected chi connectivity index (χ0v) is 15.6. The second-order valence-corrected chi connectivity index (χ2v) is 6.20. The molecule has 0 unspecified atom stereocenters. The van der Waals surface area contributed by atoms with Crippen LogP contribution in [0.25, 0.3) is 0 Å². The molecule has 0 bridgehead atoms. The molecular weight excluding hydrogens is 339 g/mol. The first-order chi connectivity index (χ1) is 12.3. The highest BCUT2D eigenvalue weighted by molar-refractivity contribution is 6.06. The number of unbranched alkanes of at least 4 members (excludes halogenated alkanes) is 1. The van der Waals surface area contributed by atoms with Gasteiger partial charge in [0.1, 0.15) is 11.7 Å². The van der Waals surface area contributed by atoms with E-state index in [1.807, 2.05) is 24.9 Å². The first-order valence-corrected chi connectivity index (χ1v) is 8.59. The van der Waals surface area contributed by atoms with Crippen LogP contribution in [0.1, 0.15) is 40.0 Å². The molecule has 0 amide bonds. The summed E-state index contributed by atoms with van der Waals surface area (Å²) in [4.78, 5) is 6.50. The van der Waals surface area contributed by atoms with Crippen LogP contribution in [-0.4, -0.2) is 17.8 Å². The summed E-state index contributed by atoms with van der Waals surface area (Å²) in [6.07, 6.45) is 5.10. The Kier molecular flexibility index (Phi) is 6.29. The highest BCUT2D eigenvalue weighted by Crippen LogP contribution is 2.32. The van der Waals surface area contributed by atoms with E-state index < -0.39 is 17.5 Å². The third-order valence-electron chi connectivity index (χ3n) is 4.37. The van der Waals surface area contributed by atoms with Crippen LogP contribution in [0.15, 0.2) is 52.4 Å². The maximum Gasteiger partial charge on any atom is 0.194 e. The minimum atomic E-state index is -1.50. The molecule has 6 heteroatoms. The Morgan fingerprint density at radius 1 is 1.27 bits per heavy atom. The van der Waals surface area contributed by atoms with E-state index in [0.29, 0.717) is 0 Å². The predicted octanol–water partition coefficient (Wildman–Crippen LogP) is 5.74. The Balaban J connectivity index is 2.24. The number of nitrogens with one attached hydrogen (secondary N) is 1. The number of aliphatic imine (C=N–C) groups is 1. The van der Waals surface area contributed by atoms with Gasteiger partial charge in [0, 0.05) is 36.1 Å². The van der Waals surface area contributed by atoms with Crippen molar-refractivity contribution < 1.29 is 13.2 Å². The van der Waals surface area contributed by atoms with E-state index in [-0.39, 0.29) is 11.5 Å². The number of benzene rings is 1.